The minimum absolute atomic E-state index is 0.0884. The van der Waals surface area contributed by atoms with Crippen LogP contribution in [0.2, 0.25) is 0 Å². The van der Waals surface area contributed by atoms with Crippen LogP contribution in [-0.4, -0.2) is 38.1 Å². The quantitative estimate of drug-likeness (QED) is 0.728. The van der Waals surface area contributed by atoms with Crippen LogP contribution in [0.4, 0.5) is 16.2 Å². The van der Waals surface area contributed by atoms with Crippen LogP contribution in [0, 0.1) is 0 Å². The van der Waals surface area contributed by atoms with Gasteiger partial charge >= 0.3 is 6.03 Å². The number of amides is 3. The van der Waals surface area contributed by atoms with E-state index in [2.05, 4.69) is 16.0 Å². The van der Waals surface area contributed by atoms with Crippen LogP contribution in [0.25, 0.3) is 0 Å². The third kappa shape index (κ3) is 2.75. The number of carbonyl (C=O) groups is 2. The Labute approximate surface area is 123 Å². The van der Waals surface area contributed by atoms with Crippen molar-refractivity contribution in [3.05, 3.63) is 35.4 Å². The molecule has 0 aromatic heterocycles. The Hall–Kier alpha value is -2.34. The molecule has 0 atom stereocenters. The third-order valence-corrected chi connectivity index (χ3v) is 3.82. The zero-order valence-corrected chi connectivity index (χ0v) is 11.9. The molecule has 1 aromatic carbocycles. The van der Waals surface area contributed by atoms with Crippen LogP contribution < -0.4 is 20.9 Å². The smallest absolute Gasteiger partial charge is 0.321 e. The summed E-state index contributed by atoms with van der Waals surface area (Å²) in [6.07, 6.45) is 0. The highest BCUT2D eigenvalue weighted by atomic mass is 16.2. The number of anilines is 2. The Morgan fingerprint density at radius 2 is 2.14 bits per heavy atom. The van der Waals surface area contributed by atoms with Gasteiger partial charge in [0.25, 0.3) is 5.91 Å². The lowest BCUT2D eigenvalue weighted by Crippen LogP contribution is -2.36. The first kappa shape index (κ1) is 13.6. The highest BCUT2D eigenvalue weighted by Crippen LogP contribution is 2.21. The molecule has 110 valence electrons. The Balaban J connectivity index is 1.74. The predicted molar refractivity (Wildman–Crippen MR) is 81.4 cm³/mol. The number of benzene rings is 1. The molecule has 2 saturated heterocycles. The Kier molecular flexibility index (Phi) is 3.62. The summed E-state index contributed by atoms with van der Waals surface area (Å²) in [7, 11) is 0. The molecule has 3 rings (SSSR count). The molecule has 2 heterocycles. The molecule has 2 aliphatic rings. The summed E-state index contributed by atoms with van der Waals surface area (Å²) < 4.78 is 0. The summed E-state index contributed by atoms with van der Waals surface area (Å²) in [4.78, 5) is 25.5. The number of nitrogens with zero attached hydrogens (tertiary/aromatic N) is 1. The molecule has 2 fully saturated rings. The van der Waals surface area contributed by atoms with Crippen molar-refractivity contribution >= 4 is 23.3 Å². The molecule has 3 N–H and O–H groups in total. The van der Waals surface area contributed by atoms with E-state index in [0.29, 0.717) is 18.8 Å². The van der Waals surface area contributed by atoms with E-state index in [1.807, 2.05) is 31.2 Å². The maximum atomic E-state index is 12.2. The van der Waals surface area contributed by atoms with E-state index < -0.39 is 0 Å². The lowest BCUT2D eigenvalue weighted by Gasteiger charge is -2.21. The van der Waals surface area contributed by atoms with Crippen LogP contribution >= 0.6 is 0 Å². The Morgan fingerprint density at radius 3 is 2.76 bits per heavy atom. The zero-order chi connectivity index (χ0) is 14.8. The number of hydrogen-bond acceptors (Lipinski definition) is 3. The van der Waals surface area contributed by atoms with E-state index in [0.717, 1.165) is 29.9 Å². The van der Waals surface area contributed by atoms with Crippen molar-refractivity contribution in [1.82, 2.24) is 10.6 Å². The van der Waals surface area contributed by atoms with E-state index in [1.54, 1.807) is 4.90 Å². The largest absolute Gasteiger partial charge is 0.336 e. The molecule has 0 unspecified atom stereocenters. The molecule has 6 nitrogen and oxygen atoms in total. The Morgan fingerprint density at radius 1 is 1.33 bits per heavy atom. The van der Waals surface area contributed by atoms with Gasteiger partial charge in [0.1, 0.15) is 0 Å². The first-order valence-electron chi connectivity index (χ1n) is 7.01. The van der Waals surface area contributed by atoms with Gasteiger partial charge in [-0.15, -0.1) is 0 Å². The minimum Gasteiger partial charge on any atom is -0.336 e. The van der Waals surface area contributed by atoms with Gasteiger partial charge in [-0.05, 0) is 30.7 Å². The Bertz CT molecular complexity index is 618. The molecule has 0 radical (unpaired) electrons. The summed E-state index contributed by atoms with van der Waals surface area (Å²) in [6, 6.07) is 7.25. The minimum atomic E-state index is -0.0997. The van der Waals surface area contributed by atoms with E-state index >= 15 is 0 Å². The summed E-state index contributed by atoms with van der Waals surface area (Å²) in [5.41, 5.74) is 3.39. The molecule has 21 heavy (non-hydrogen) atoms. The molecule has 6 heteroatoms. The number of urea groups is 1. The first-order chi connectivity index (χ1) is 10.1. The van der Waals surface area contributed by atoms with Crippen molar-refractivity contribution in [2.24, 2.45) is 0 Å². The van der Waals surface area contributed by atoms with Crippen molar-refractivity contribution in [1.29, 1.82) is 0 Å². The van der Waals surface area contributed by atoms with Crippen molar-refractivity contribution < 1.29 is 9.59 Å². The highest BCUT2D eigenvalue weighted by Gasteiger charge is 2.21. The fourth-order valence-electron chi connectivity index (χ4n) is 2.37. The molecule has 0 bridgehead atoms. The van der Waals surface area contributed by atoms with E-state index in [9.17, 15) is 9.59 Å². The normalized spacial score (nSPS) is 17.3. The summed E-state index contributed by atoms with van der Waals surface area (Å²) in [5, 5.41) is 8.77. The number of carbonyl (C=O) groups excluding carboxylic acids is 2. The molecular formula is C15H18N4O2. The van der Waals surface area contributed by atoms with Gasteiger partial charge in [-0.3, -0.25) is 9.69 Å². The predicted octanol–water partition coefficient (Wildman–Crippen LogP) is 1.07. The maximum absolute atomic E-state index is 12.2. The van der Waals surface area contributed by atoms with Gasteiger partial charge < -0.3 is 16.0 Å². The molecule has 3 amide bonds. The lowest BCUT2D eigenvalue weighted by atomic mass is 10.0. The molecular weight excluding hydrogens is 268 g/mol. The molecule has 2 aliphatic heterocycles. The van der Waals surface area contributed by atoms with Crippen molar-refractivity contribution in [2.45, 2.75) is 6.92 Å². The fourth-order valence-corrected chi connectivity index (χ4v) is 2.37. The van der Waals surface area contributed by atoms with Gasteiger partial charge in [-0.1, -0.05) is 6.07 Å². The van der Waals surface area contributed by atoms with E-state index in [4.69, 9.17) is 0 Å². The second-order valence-corrected chi connectivity index (χ2v) is 5.22. The number of rotatable bonds is 3. The van der Waals surface area contributed by atoms with Crippen LogP contribution in [0.5, 0.6) is 0 Å². The van der Waals surface area contributed by atoms with Crippen molar-refractivity contribution in [2.75, 3.05) is 36.4 Å². The monoisotopic (exact) mass is 286 g/mol. The second kappa shape index (κ2) is 5.57. The van der Waals surface area contributed by atoms with Crippen molar-refractivity contribution in [3.8, 4) is 0 Å². The van der Waals surface area contributed by atoms with Gasteiger partial charge in [0, 0.05) is 43.1 Å². The van der Waals surface area contributed by atoms with Gasteiger partial charge in [0.05, 0.1) is 0 Å². The fraction of sp³-hybridized carbons (Fsp3) is 0.333. The molecule has 0 spiro atoms. The summed E-state index contributed by atoms with van der Waals surface area (Å²) in [6.45, 7) is 4.70. The van der Waals surface area contributed by atoms with Gasteiger partial charge in [0.15, 0.2) is 0 Å². The molecule has 0 saturated carbocycles. The van der Waals surface area contributed by atoms with Crippen molar-refractivity contribution in [3.63, 3.8) is 0 Å². The van der Waals surface area contributed by atoms with Crippen LogP contribution in [0.3, 0.4) is 0 Å². The number of hydrogen-bond donors (Lipinski definition) is 3. The standard InChI is InChI=1S/C15H18N4O2/c1-10(11-8-16-9-11)14(20)18-12-3-2-4-13(7-12)19-6-5-17-15(19)21/h2-4,7,16H,5-6,8-9H2,1H3,(H,17,21)(H,18,20). The van der Waals surface area contributed by atoms with Gasteiger partial charge in [-0.25, -0.2) is 4.79 Å². The topological polar surface area (TPSA) is 73.5 Å². The first-order valence-corrected chi connectivity index (χ1v) is 7.01. The number of nitrogens with one attached hydrogen (secondary N) is 3. The SMILES string of the molecule is CC(C(=O)Nc1cccc(N2CCNC2=O)c1)=C1CNC1. The third-order valence-electron chi connectivity index (χ3n) is 3.82. The average molecular weight is 286 g/mol. The summed E-state index contributed by atoms with van der Waals surface area (Å²) in [5.74, 6) is -0.0884. The molecule has 1 aromatic rings. The maximum Gasteiger partial charge on any atom is 0.321 e. The van der Waals surface area contributed by atoms with Crippen LogP contribution in [0.15, 0.2) is 35.4 Å². The summed E-state index contributed by atoms with van der Waals surface area (Å²) >= 11 is 0. The van der Waals surface area contributed by atoms with Gasteiger partial charge in [0.2, 0.25) is 0 Å². The second-order valence-electron chi connectivity index (χ2n) is 5.22. The van der Waals surface area contributed by atoms with Gasteiger partial charge in [-0.2, -0.15) is 0 Å². The van der Waals surface area contributed by atoms with Crippen LogP contribution in [-0.2, 0) is 4.79 Å². The zero-order valence-electron chi connectivity index (χ0n) is 11.9. The van der Waals surface area contributed by atoms with Crippen LogP contribution in [0.1, 0.15) is 6.92 Å². The lowest BCUT2D eigenvalue weighted by molar-refractivity contribution is -0.112. The van der Waals surface area contributed by atoms with E-state index in [1.165, 1.54) is 0 Å². The molecule has 0 aliphatic carbocycles. The average Bonchev–Trinajstić information content (AvgIpc) is 2.83. The highest BCUT2D eigenvalue weighted by molar-refractivity contribution is 6.04. The van der Waals surface area contributed by atoms with E-state index in [-0.39, 0.29) is 11.9 Å².